The summed E-state index contributed by atoms with van der Waals surface area (Å²) in [5, 5.41) is 10.8. The lowest BCUT2D eigenvalue weighted by molar-refractivity contribution is -0.384. The highest BCUT2D eigenvalue weighted by atomic mass is 16.6. The molecule has 4 rings (SSSR count). The van der Waals surface area contributed by atoms with Gasteiger partial charge in [-0.2, -0.15) is 0 Å². The van der Waals surface area contributed by atoms with Crippen molar-refractivity contribution in [3.63, 3.8) is 0 Å². The number of carbonyl (C=O) groups excluding carboxylic acids is 2. The number of benzene rings is 2. The van der Waals surface area contributed by atoms with E-state index in [2.05, 4.69) is 4.98 Å². The zero-order valence-electron chi connectivity index (χ0n) is 13.0. The number of hydrogen-bond donors (Lipinski definition) is 0. The van der Waals surface area contributed by atoms with Gasteiger partial charge in [0.05, 0.1) is 33.4 Å². The van der Waals surface area contributed by atoms with Gasteiger partial charge in [0, 0.05) is 25.2 Å². The van der Waals surface area contributed by atoms with Crippen molar-refractivity contribution in [3.05, 3.63) is 70.0 Å². The summed E-state index contributed by atoms with van der Waals surface area (Å²) < 4.78 is 1.77. The first kappa shape index (κ1) is 15.0. The molecule has 2 amide bonds. The Balaban J connectivity index is 1.56. The van der Waals surface area contributed by atoms with Gasteiger partial charge in [-0.1, -0.05) is 12.1 Å². The summed E-state index contributed by atoms with van der Waals surface area (Å²) in [6, 6.07) is 11.1. The Labute approximate surface area is 141 Å². The van der Waals surface area contributed by atoms with Crippen LogP contribution in [-0.2, 0) is 6.54 Å². The minimum Gasteiger partial charge on any atom is -0.329 e. The van der Waals surface area contributed by atoms with Crippen molar-refractivity contribution in [3.8, 4) is 0 Å². The number of rotatable bonds is 4. The van der Waals surface area contributed by atoms with Gasteiger partial charge in [-0.05, 0) is 18.2 Å². The predicted octanol–water partition coefficient (Wildman–Crippen LogP) is 2.24. The zero-order valence-corrected chi connectivity index (χ0v) is 13.0. The summed E-state index contributed by atoms with van der Waals surface area (Å²) in [4.78, 5) is 40.4. The molecule has 0 unspecified atom stereocenters. The standard InChI is InChI=1S/C17H12N4O4/c22-16-12-3-1-2-4-13(12)17(23)20(16)8-7-19-10-18-14-9-11(21(24)25)5-6-15(14)19/h1-6,9-10H,7-8H2. The van der Waals surface area contributed by atoms with E-state index < -0.39 is 4.92 Å². The number of nitro benzene ring substituents is 1. The molecule has 1 aromatic heterocycles. The van der Waals surface area contributed by atoms with Crippen molar-refractivity contribution in [1.29, 1.82) is 0 Å². The minimum atomic E-state index is -0.475. The second kappa shape index (κ2) is 5.52. The molecule has 8 heteroatoms. The third-order valence-corrected chi connectivity index (χ3v) is 4.26. The predicted molar refractivity (Wildman–Crippen MR) is 88.2 cm³/mol. The molecule has 0 atom stereocenters. The number of nitro groups is 1. The van der Waals surface area contributed by atoms with Crippen LogP contribution in [0.1, 0.15) is 20.7 Å². The molecule has 0 aliphatic carbocycles. The largest absolute Gasteiger partial charge is 0.329 e. The molecule has 0 radical (unpaired) electrons. The summed E-state index contributed by atoms with van der Waals surface area (Å²) in [6.45, 7) is 0.564. The van der Waals surface area contributed by atoms with Crippen molar-refractivity contribution in [2.45, 2.75) is 6.54 Å². The second-order valence-corrected chi connectivity index (χ2v) is 5.68. The van der Waals surface area contributed by atoms with Gasteiger partial charge in [0.15, 0.2) is 0 Å². The normalized spacial score (nSPS) is 13.5. The van der Waals surface area contributed by atoms with Crippen LogP contribution < -0.4 is 0 Å². The second-order valence-electron chi connectivity index (χ2n) is 5.68. The highest BCUT2D eigenvalue weighted by Crippen LogP contribution is 2.23. The number of imide groups is 1. The molecule has 2 aromatic carbocycles. The minimum absolute atomic E-state index is 0.0295. The molecule has 3 aromatic rings. The molecular formula is C17H12N4O4. The smallest absolute Gasteiger partial charge is 0.271 e. The number of aromatic nitrogens is 2. The maximum Gasteiger partial charge on any atom is 0.271 e. The average Bonchev–Trinajstić information content (AvgIpc) is 3.13. The number of hydrogen-bond acceptors (Lipinski definition) is 5. The molecule has 0 spiro atoms. The summed E-state index contributed by atoms with van der Waals surface area (Å²) in [5.41, 5.74) is 2.01. The number of imidazole rings is 1. The number of carbonyl (C=O) groups is 2. The maximum atomic E-state index is 12.4. The topological polar surface area (TPSA) is 98.3 Å². The first-order valence-corrected chi connectivity index (χ1v) is 7.61. The van der Waals surface area contributed by atoms with E-state index in [4.69, 9.17) is 0 Å². The highest BCUT2D eigenvalue weighted by Gasteiger charge is 2.34. The monoisotopic (exact) mass is 336 g/mol. The van der Waals surface area contributed by atoms with Crippen LogP contribution in [0.15, 0.2) is 48.8 Å². The third kappa shape index (κ3) is 2.35. The van der Waals surface area contributed by atoms with Crippen LogP contribution in [0, 0.1) is 10.1 Å². The lowest BCUT2D eigenvalue weighted by Crippen LogP contribution is -2.32. The van der Waals surface area contributed by atoms with Gasteiger partial charge < -0.3 is 4.57 Å². The molecule has 1 aliphatic rings. The number of fused-ring (bicyclic) bond motifs is 2. The molecule has 0 fully saturated rings. The molecule has 25 heavy (non-hydrogen) atoms. The molecule has 0 N–H and O–H groups in total. The summed E-state index contributed by atoms with van der Waals surface area (Å²) in [7, 11) is 0. The number of nitrogens with zero attached hydrogens (tertiary/aromatic N) is 4. The lowest BCUT2D eigenvalue weighted by atomic mass is 10.1. The molecule has 0 bridgehead atoms. The molecule has 0 saturated carbocycles. The summed E-state index contributed by atoms with van der Waals surface area (Å²) in [6.07, 6.45) is 1.55. The van der Waals surface area contributed by atoms with E-state index in [0.29, 0.717) is 28.7 Å². The fraction of sp³-hybridized carbons (Fsp3) is 0.118. The van der Waals surface area contributed by atoms with Crippen molar-refractivity contribution in [2.75, 3.05) is 6.54 Å². The van der Waals surface area contributed by atoms with Crippen LogP contribution in [0.4, 0.5) is 5.69 Å². The quantitative estimate of drug-likeness (QED) is 0.413. The van der Waals surface area contributed by atoms with Crippen LogP contribution in [0.3, 0.4) is 0 Å². The first-order valence-electron chi connectivity index (χ1n) is 7.61. The Kier molecular flexibility index (Phi) is 3.31. The Morgan fingerprint density at radius 2 is 1.68 bits per heavy atom. The Morgan fingerprint density at radius 3 is 2.32 bits per heavy atom. The van der Waals surface area contributed by atoms with Gasteiger partial charge in [0.1, 0.15) is 0 Å². The van der Waals surface area contributed by atoms with E-state index in [1.807, 2.05) is 0 Å². The van der Waals surface area contributed by atoms with Crippen molar-refractivity contribution in [1.82, 2.24) is 14.5 Å². The fourth-order valence-electron chi connectivity index (χ4n) is 2.99. The molecular weight excluding hydrogens is 324 g/mol. The Hall–Kier alpha value is -3.55. The average molecular weight is 336 g/mol. The van der Waals surface area contributed by atoms with Crippen molar-refractivity contribution < 1.29 is 14.5 Å². The summed E-state index contributed by atoms with van der Waals surface area (Å²) in [5.74, 6) is -0.610. The van der Waals surface area contributed by atoms with Gasteiger partial charge in [-0.15, -0.1) is 0 Å². The number of amides is 2. The lowest BCUT2D eigenvalue weighted by Gasteiger charge is -2.14. The van der Waals surface area contributed by atoms with Crippen molar-refractivity contribution >= 4 is 28.5 Å². The molecule has 2 heterocycles. The van der Waals surface area contributed by atoms with Gasteiger partial charge in [-0.3, -0.25) is 24.6 Å². The van der Waals surface area contributed by atoms with Crippen LogP contribution in [0.2, 0.25) is 0 Å². The first-order chi connectivity index (χ1) is 12.1. The van der Waals surface area contributed by atoms with Crippen molar-refractivity contribution in [2.24, 2.45) is 0 Å². The van der Waals surface area contributed by atoms with Crippen LogP contribution in [0.5, 0.6) is 0 Å². The Bertz CT molecular complexity index is 1010. The van der Waals surface area contributed by atoms with Gasteiger partial charge in [0.25, 0.3) is 17.5 Å². The zero-order chi connectivity index (χ0) is 17.6. The summed E-state index contributed by atoms with van der Waals surface area (Å²) >= 11 is 0. The van der Waals surface area contributed by atoms with E-state index in [-0.39, 0.29) is 24.0 Å². The van der Waals surface area contributed by atoms with Crippen LogP contribution >= 0.6 is 0 Å². The van der Waals surface area contributed by atoms with E-state index in [9.17, 15) is 19.7 Å². The molecule has 124 valence electrons. The maximum absolute atomic E-state index is 12.4. The number of non-ortho nitro benzene ring substituents is 1. The SMILES string of the molecule is O=C1c2ccccc2C(=O)N1CCn1cnc2cc([N+](=O)[O-])ccc21. The van der Waals surface area contributed by atoms with E-state index in [0.717, 1.165) is 0 Å². The molecule has 1 aliphatic heterocycles. The molecule has 0 saturated heterocycles. The van der Waals surface area contributed by atoms with Crippen LogP contribution in [0.25, 0.3) is 11.0 Å². The third-order valence-electron chi connectivity index (χ3n) is 4.26. The van der Waals surface area contributed by atoms with Crippen LogP contribution in [-0.4, -0.2) is 37.7 Å². The van der Waals surface area contributed by atoms with E-state index in [1.165, 1.54) is 17.0 Å². The highest BCUT2D eigenvalue weighted by molar-refractivity contribution is 6.21. The fourth-order valence-corrected chi connectivity index (χ4v) is 2.99. The van der Waals surface area contributed by atoms with E-state index in [1.54, 1.807) is 41.2 Å². The van der Waals surface area contributed by atoms with Gasteiger partial charge in [0.2, 0.25) is 0 Å². The Morgan fingerprint density at radius 1 is 1.00 bits per heavy atom. The van der Waals surface area contributed by atoms with Gasteiger partial charge >= 0.3 is 0 Å². The molecule has 8 nitrogen and oxygen atoms in total. The van der Waals surface area contributed by atoms with Gasteiger partial charge in [-0.25, -0.2) is 4.98 Å². The van der Waals surface area contributed by atoms with E-state index >= 15 is 0 Å².